The molecule has 6 aromatic rings. The summed E-state index contributed by atoms with van der Waals surface area (Å²) >= 11 is 0. The molecule has 2 heteroatoms. The van der Waals surface area contributed by atoms with Crippen molar-refractivity contribution in [3.8, 4) is 11.1 Å². The van der Waals surface area contributed by atoms with E-state index in [0.29, 0.717) is 0 Å². The zero-order valence-corrected chi connectivity index (χ0v) is 22.0. The molecule has 1 aromatic heterocycles. The molecule has 1 nitrogen and oxygen atoms in total. The van der Waals surface area contributed by atoms with Gasteiger partial charge in [0, 0.05) is 21.9 Å². The largest absolute Gasteiger partial charge is 0.455 e. The van der Waals surface area contributed by atoms with E-state index in [1.807, 2.05) is 12.1 Å². The maximum Gasteiger partial charge on any atom is 0.143 e. The fourth-order valence-electron chi connectivity index (χ4n) is 5.43. The van der Waals surface area contributed by atoms with Crippen LogP contribution < -0.4 is 5.46 Å². The van der Waals surface area contributed by atoms with Gasteiger partial charge in [0.2, 0.25) is 0 Å². The number of hydrogen-bond acceptors (Lipinski definition) is 1. The summed E-state index contributed by atoms with van der Waals surface area (Å²) < 4.78 is 6.51. The van der Waals surface area contributed by atoms with Gasteiger partial charge in [-0.2, -0.15) is 0 Å². The maximum absolute atomic E-state index is 6.92. The molecule has 0 N–H and O–H groups in total. The minimum Gasteiger partial charge on any atom is -0.455 e. The Morgan fingerprint density at radius 3 is 1.86 bits per heavy atom. The lowest BCUT2D eigenvalue weighted by atomic mass is 9.76. The predicted octanol–water partition coefficient (Wildman–Crippen LogP) is 8.95. The number of para-hydroxylation sites is 2. The molecule has 0 atom stereocenters. The molecule has 2 radical (unpaired) electrons. The fourth-order valence-corrected chi connectivity index (χ4v) is 5.43. The van der Waals surface area contributed by atoms with Crippen molar-refractivity contribution in [2.75, 3.05) is 0 Å². The van der Waals surface area contributed by atoms with Gasteiger partial charge in [-0.15, -0.1) is 0 Å². The van der Waals surface area contributed by atoms with Gasteiger partial charge in [-0.25, -0.2) is 0 Å². The van der Waals surface area contributed by atoms with Crippen LogP contribution >= 0.6 is 0 Å². The Bertz CT molecular complexity index is 1810. The van der Waals surface area contributed by atoms with E-state index in [4.69, 9.17) is 12.3 Å². The molecule has 0 amide bonds. The standard InChI is InChI=1S/C34H31BO/c1-33(2,3)20-15-17-24-27(18-20)30(23-16-14-21(34(4,5)6)19-28(23)31(24)35)26-12-9-11-25-22-10-7-8-13-29(22)36-32(25)26/h7-19H,1-6H3. The van der Waals surface area contributed by atoms with E-state index in [1.165, 1.54) is 22.1 Å². The second kappa shape index (κ2) is 7.74. The molecular formula is C34H31BO. The average Bonchev–Trinajstić information content (AvgIpc) is 3.22. The van der Waals surface area contributed by atoms with Crippen LogP contribution in [0.1, 0.15) is 52.7 Å². The Labute approximate surface area is 214 Å². The van der Waals surface area contributed by atoms with Crippen molar-refractivity contribution < 1.29 is 4.42 Å². The van der Waals surface area contributed by atoms with Gasteiger partial charge < -0.3 is 4.42 Å². The molecule has 0 aliphatic heterocycles. The quantitative estimate of drug-likeness (QED) is 0.174. The van der Waals surface area contributed by atoms with Gasteiger partial charge in [0.1, 0.15) is 19.0 Å². The summed E-state index contributed by atoms with van der Waals surface area (Å²) in [4.78, 5) is 0. The number of furan rings is 1. The van der Waals surface area contributed by atoms with Crippen LogP contribution in [-0.2, 0) is 10.8 Å². The Kier molecular flexibility index (Phi) is 4.93. The van der Waals surface area contributed by atoms with Gasteiger partial charge in [0.15, 0.2) is 0 Å². The van der Waals surface area contributed by atoms with Crippen molar-refractivity contribution in [3.05, 3.63) is 90.0 Å². The average molecular weight is 466 g/mol. The van der Waals surface area contributed by atoms with E-state index < -0.39 is 0 Å². The van der Waals surface area contributed by atoms with Crippen LogP contribution in [0.15, 0.2) is 83.3 Å². The second-order valence-electron chi connectivity index (χ2n) is 12.1. The van der Waals surface area contributed by atoms with Crippen molar-refractivity contribution in [1.82, 2.24) is 0 Å². The topological polar surface area (TPSA) is 13.1 Å². The number of rotatable bonds is 1. The molecule has 0 aliphatic rings. The van der Waals surface area contributed by atoms with Crippen LogP contribution in [0.2, 0.25) is 0 Å². The molecule has 0 bridgehead atoms. The lowest BCUT2D eigenvalue weighted by Crippen LogP contribution is -2.15. The van der Waals surface area contributed by atoms with E-state index in [9.17, 15) is 0 Å². The van der Waals surface area contributed by atoms with Gasteiger partial charge in [0.05, 0.1) is 0 Å². The lowest BCUT2D eigenvalue weighted by Gasteiger charge is -2.24. The highest BCUT2D eigenvalue weighted by molar-refractivity contribution is 6.47. The highest BCUT2D eigenvalue weighted by atomic mass is 16.3. The number of fused-ring (bicyclic) bond motifs is 5. The molecule has 0 unspecified atom stereocenters. The minimum atomic E-state index is 0.0244. The third kappa shape index (κ3) is 3.46. The normalized spacial score (nSPS) is 12.8. The summed E-state index contributed by atoms with van der Waals surface area (Å²) in [6.07, 6.45) is 0. The van der Waals surface area contributed by atoms with E-state index in [-0.39, 0.29) is 10.8 Å². The van der Waals surface area contributed by atoms with Gasteiger partial charge in [-0.3, -0.25) is 0 Å². The van der Waals surface area contributed by atoms with Gasteiger partial charge in [-0.1, -0.05) is 114 Å². The van der Waals surface area contributed by atoms with Crippen LogP contribution in [-0.4, -0.2) is 7.85 Å². The Morgan fingerprint density at radius 1 is 0.556 bits per heavy atom. The molecule has 5 aromatic carbocycles. The molecular weight excluding hydrogens is 435 g/mol. The number of benzene rings is 5. The fraction of sp³-hybridized carbons (Fsp3) is 0.235. The molecule has 6 rings (SSSR count). The first kappa shape index (κ1) is 22.9. The maximum atomic E-state index is 6.92. The van der Waals surface area contributed by atoms with Crippen LogP contribution in [0.3, 0.4) is 0 Å². The number of hydrogen-bond donors (Lipinski definition) is 0. The van der Waals surface area contributed by atoms with Crippen molar-refractivity contribution in [2.24, 2.45) is 0 Å². The van der Waals surface area contributed by atoms with E-state index in [0.717, 1.165) is 49.1 Å². The first-order valence-electron chi connectivity index (χ1n) is 12.7. The van der Waals surface area contributed by atoms with Crippen LogP contribution in [0, 0.1) is 0 Å². The third-order valence-electron chi connectivity index (χ3n) is 7.56. The molecule has 36 heavy (non-hydrogen) atoms. The third-order valence-corrected chi connectivity index (χ3v) is 7.56. The molecule has 0 fully saturated rings. The van der Waals surface area contributed by atoms with E-state index >= 15 is 0 Å². The van der Waals surface area contributed by atoms with Crippen molar-refractivity contribution in [1.29, 1.82) is 0 Å². The van der Waals surface area contributed by atoms with Gasteiger partial charge >= 0.3 is 0 Å². The van der Waals surface area contributed by atoms with Crippen molar-refractivity contribution in [2.45, 2.75) is 52.4 Å². The van der Waals surface area contributed by atoms with E-state index in [1.54, 1.807) is 0 Å². The minimum absolute atomic E-state index is 0.0244. The van der Waals surface area contributed by atoms with Crippen LogP contribution in [0.4, 0.5) is 0 Å². The van der Waals surface area contributed by atoms with Gasteiger partial charge in [-0.05, 0) is 55.6 Å². The molecule has 0 saturated heterocycles. The molecule has 0 saturated carbocycles. The molecule has 1 heterocycles. The SMILES string of the molecule is [B]c1c2cc(C(C)(C)C)ccc2c(-c2cccc3c2oc2ccccc23)c2cc(C(C)(C)C)ccc12. The summed E-state index contributed by atoms with van der Waals surface area (Å²) in [7, 11) is 6.92. The zero-order valence-electron chi connectivity index (χ0n) is 22.0. The highest BCUT2D eigenvalue weighted by Gasteiger charge is 2.22. The Balaban J connectivity index is 1.82. The zero-order chi connectivity index (χ0) is 25.4. The second-order valence-corrected chi connectivity index (χ2v) is 12.1. The lowest BCUT2D eigenvalue weighted by molar-refractivity contribution is 0.591. The van der Waals surface area contributed by atoms with Crippen molar-refractivity contribution >= 4 is 56.8 Å². The summed E-state index contributed by atoms with van der Waals surface area (Å²) in [5, 5.41) is 6.80. The molecule has 0 spiro atoms. The van der Waals surface area contributed by atoms with Crippen LogP contribution in [0.25, 0.3) is 54.6 Å². The molecule has 176 valence electrons. The first-order chi connectivity index (χ1) is 17.0. The smallest absolute Gasteiger partial charge is 0.143 e. The Hall–Kier alpha value is -3.52. The highest BCUT2D eigenvalue weighted by Crippen LogP contribution is 2.43. The first-order valence-corrected chi connectivity index (χ1v) is 12.7. The van der Waals surface area contributed by atoms with Gasteiger partial charge in [0.25, 0.3) is 0 Å². The summed E-state index contributed by atoms with van der Waals surface area (Å²) in [6, 6.07) is 28.3. The predicted molar refractivity (Wildman–Crippen MR) is 157 cm³/mol. The van der Waals surface area contributed by atoms with Crippen molar-refractivity contribution in [3.63, 3.8) is 0 Å². The summed E-state index contributed by atoms with van der Waals surface area (Å²) in [6.45, 7) is 13.5. The summed E-state index contributed by atoms with van der Waals surface area (Å²) in [5.74, 6) is 0. The monoisotopic (exact) mass is 466 g/mol. The molecule has 0 aliphatic carbocycles. The Morgan fingerprint density at radius 2 is 1.17 bits per heavy atom. The van der Waals surface area contributed by atoms with E-state index in [2.05, 4.69) is 108 Å². The van der Waals surface area contributed by atoms with Crippen LogP contribution in [0.5, 0.6) is 0 Å². The summed E-state index contributed by atoms with van der Waals surface area (Å²) in [5.41, 5.74) is 7.59.